The Hall–Kier alpha value is -0.260. The Balaban J connectivity index is 2.38. The van der Waals surface area contributed by atoms with Gasteiger partial charge >= 0.3 is 0 Å². The molecule has 0 radical (unpaired) electrons. The third-order valence-corrected chi connectivity index (χ3v) is 2.93. The molecule has 0 aromatic carbocycles. The monoisotopic (exact) mass is 152 g/mol. The molecule has 0 aliphatic heterocycles. The first-order valence-corrected chi connectivity index (χ1v) is 4.69. The van der Waals surface area contributed by atoms with E-state index in [-0.39, 0.29) is 0 Å². The van der Waals surface area contributed by atoms with E-state index < -0.39 is 0 Å². The van der Waals surface area contributed by atoms with Crippen LogP contribution in [0.1, 0.15) is 40.0 Å². The Bertz CT molecular complexity index is 140. The lowest BCUT2D eigenvalue weighted by molar-refractivity contribution is 0.256. The minimum absolute atomic E-state index is 0.563. The predicted molar refractivity (Wildman–Crippen MR) is 50.5 cm³/mol. The number of rotatable bonds is 4. The molecular weight excluding hydrogens is 132 g/mol. The van der Waals surface area contributed by atoms with Gasteiger partial charge in [-0.05, 0) is 36.5 Å². The van der Waals surface area contributed by atoms with Gasteiger partial charge in [-0.3, -0.25) is 0 Å². The summed E-state index contributed by atoms with van der Waals surface area (Å²) in [6.45, 7) is 10.9. The Labute approximate surface area is 70.7 Å². The predicted octanol–water partition coefficient (Wildman–Crippen LogP) is 3.63. The fourth-order valence-corrected chi connectivity index (χ4v) is 1.94. The van der Waals surface area contributed by atoms with Gasteiger partial charge in [0.05, 0.1) is 0 Å². The minimum Gasteiger partial charge on any atom is -0.103 e. The van der Waals surface area contributed by atoms with Gasteiger partial charge in [-0.15, -0.1) is 6.58 Å². The molecule has 0 aromatic rings. The zero-order valence-corrected chi connectivity index (χ0v) is 8.06. The molecule has 0 aromatic heterocycles. The van der Waals surface area contributed by atoms with E-state index in [1.165, 1.54) is 19.3 Å². The summed E-state index contributed by atoms with van der Waals surface area (Å²) in [4.78, 5) is 0. The highest BCUT2D eigenvalue weighted by Crippen LogP contribution is 2.48. The SMILES string of the molecule is C=CC(C)CC(C)(C)C1CC1. The van der Waals surface area contributed by atoms with Gasteiger partial charge in [0.15, 0.2) is 0 Å². The summed E-state index contributed by atoms with van der Waals surface area (Å²) >= 11 is 0. The number of hydrogen-bond acceptors (Lipinski definition) is 0. The Morgan fingerprint density at radius 1 is 1.55 bits per heavy atom. The first kappa shape index (κ1) is 8.83. The number of allylic oxidation sites excluding steroid dienone is 1. The topological polar surface area (TPSA) is 0 Å². The molecule has 0 amide bonds. The summed E-state index contributed by atoms with van der Waals surface area (Å²) in [5, 5.41) is 0. The van der Waals surface area contributed by atoms with E-state index in [0.29, 0.717) is 11.3 Å². The summed E-state index contributed by atoms with van der Waals surface area (Å²) in [5.74, 6) is 1.69. The second kappa shape index (κ2) is 3.00. The van der Waals surface area contributed by atoms with Crippen molar-refractivity contribution < 1.29 is 0 Å². The van der Waals surface area contributed by atoms with E-state index in [1.807, 2.05) is 0 Å². The van der Waals surface area contributed by atoms with Crippen LogP contribution in [0.2, 0.25) is 0 Å². The quantitative estimate of drug-likeness (QED) is 0.539. The van der Waals surface area contributed by atoms with E-state index in [4.69, 9.17) is 0 Å². The minimum atomic E-state index is 0.563. The van der Waals surface area contributed by atoms with Gasteiger partial charge < -0.3 is 0 Å². The molecule has 0 nitrogen and oxygen atoms in total. The van der Waals surface area contributed by atoms with E-state index in [9.17, 15) is 0 Å². The standard InChI is InChI=1S/C11H20/c1-5-9(2)8-11(3,4)10-6-7-10/h5,9-10H,1,6-8H2,2-4H3. The smallest absolute Gasteiger partial charge is 0.0259 e. The Kier molecular flexibility index (Phi) is 2.41. The van der Waals surface area contributed by atoms with Gasteiger partial charge in [-0.1, -0.05) is 26.8 Å². The Morgan fingerprint density at radius 2 is 2.09 bits per heavy atom. The summed E-state index contributed by atoms with van der Waals surface area (Å²) in [7, 11) is 0. The third-order valence-electron chi connectivity index (χ3n) is 2.93. The van der Waals surface area contributed by atoms with Gasteiger partial charge in [0.2, 0.25) is 0 Å². The van der Waals surface area contributed by atoms with Crippen LogP contribution in [0.25, 0.3) is 0 Å². The first-order chi connectivity index (χ1) is 5.06. The lowest BCUT2D eigenvalue weighted by Crippen LogP contribution is -2.16. The van der Waals surface area contributed by atoms with Crippen LogP contribution in [0.5, 0.6) is 0 Å². The van der Waals surface area contributed by atoms with Gasteiger partial charge in [0, 0.05) is 0 Å². The molecule has 0 spiro atoms. The normalized spacial score (nSPS) is 21.4. The van der Waals surface area contributed by atoms with Crippen molar-refractivity contribution in [2.75, 3.05) is 0 Å². The van der Waals surface area contributed by atoms with Crippen molar-refractivity contribution in [1.29, 1.82) is 0 Å². The average Bonchev–Trinajstić information content (AvgIpc) is 2.66. The van der Waals surface area contributed by atoms with Crippen molar-refractivity contribution in [3.05, 3.63) is 12.7 Å². The molecule has 1 aliphatic carbocycles. The average molecular weight is 152 g/mol. The zero-order valence-electron chi connectivity index (χ0n) is 8.06. The van der Waals surface area contributed by atoms with E-state index in [2.05, 4.69) is 33.4 Å². The molecule has 1 fully saturated rings. The molecule has 0 heterocycles. The van der Waals surface area contributed by atoms with Gasteiger partial charge in [-0.2, -0.15) is 0 Å². The molecule has 1 unspecified atom stereocenters. The van der Waals surface area contributed by atoms with Crippen LogP contribution in [-0.2, 0) is 0 Å². The maximum absolute atomic E-state index is 3.82. The van der Waals surface area contributed by atoms with Crippen LogP contribution in [0.4, 0.5) is 0 Å². The van der Waals surface area contributed by atoms with Crippen molar-refractivity contribution in [2.24, 2.45) is 17.3 Å². The zero-order chi connectivity index (χ0) is 8.48. The highest BCUT2D eigenvalue weighted by molar-refractivity contribution is 4.91. The summed E-state index contributed by atoms with van der Waals surface area (Å²) in [6, 6.07) is 0. The largest absolute Gasteiger partial charge is 0.103 e. The van der Waals surface area contributed by atoms with Gasteiger partial charge in [-0.25, -0.2) is 0 Å². The van der Waals surface area contributed by atoms with Crippen LogP contribution in [0.15, 0.2) is 12.7 Å². The summed E-state index contributed by atoms with van der Waals surface area (Å²) < 4.78 is 0. The van der Waals surface area contributed by atoms with Crippen molar-refractivity contribution in [1.82, 2.24) is 0 Å². The van der Waals surface area contributed by atoms with Crippen molar-refractivity contribution in [3.63, 3.8) is 0 Å². The molecule has 0 N–H and O–H groups in total. The molecule has 11 heavy (non-hydrogen) atoms. The number of hydrogen-bond donors (Lipinski definition) is 0. The molecule has 0 bridgehead atoms. The Morgan fingerprint density at radius 3 is 2.45 bits per heavy atom. The van der Waals surface area contributed by atoms with Gasteiger partial charge in [0.25, 0.3) is 0 Å². The van der Waals surface area contributed by atoms with Gasteiger partial charge in [0.1, 0.15) is 0 Å². The third kappa shape index (κ3) is 2.36. The second-order valence-corrected chi connectivity index (χ2v) is 4.68. The van der Waals surface area contributed by atoms with Crippen molar-refractivity contribution >= 4 is 0 Å². The molecule has 1 saturated carbocycles. The van der Waals surface area contributed by atoms with Crippen LogP contribution in [0, 0.1) is 17.3 Å². The molecule has 1 rings (SSSR count). The fourth-order valence-electron chi connectivity index (χ4n) is 1.94. The lowest BCUT2D eigenvalue weighted by atomic mass is 9.79. The molecular formula is C11H20. The van der Waals surface area contributed by atoms with Crippen LogP contribution in [-0.4, -0.2) is 0 Å². The van der Waals surface area contributed by atoms with Crippen molar-refractivity contribution in [2.45, 2.75) is 40.0 Å². The van der Waals surface area contributed by atoms with Crippen molar-refractivity contribution in [3.8, 4) is 0 Å². The maximum atomic E-state index is 3.82. The maximum Gasteiger partial charge on any atom is -0.0259 e. The second-order valence-electron chi connectivity index (χ2n) is 4.68. The highest BCUT2D eigenvalue weighted by atomic mass is 14.4. The van der Waals surface area contributed by atoms with E-state index >= 15 is 0 Å². The van der Waals surface area contributed by atoms with Crippen LogP contribution >= 0.6 is 0 Å². The molecule has 64 valence electrons. The first-order valence-electron chi connectivity index (χ1n) is 4.69. The van der Waals surface area contributed by atoms with Crippen LogP contribution < -0.4 is 0 Å². The molecule has 1 atom stereocenters. The molecule has 0 saturated heterocycles. The van der Waals surface area contributed by atoms with Crippen LogP contribution in [0.3, 0.4) is 0 Å². The van der Waals surface area contributed by atoms with E-state index in [0.717, 1.165) is 5.92 Å². The molecule has 1 aliphatic rings. The molecule has 0 heteroatoms. The highest BCUT2D eigenvalue weighted by Gasteiger charge is 2.37. The fraction of sp³-hybridized carbons (Fsp3) is 0.818. The lowest BCUT2D eigenvalue weighted by Gasteiger charge is -2.26. The summed E-state index contributed by atoms with van der Waals surface area (Å²) in [6.07, 6.45) is 6.29. The summed E-state index contributed by atoms with van der Waals surface area (Å²) in [5.41, 5.74) is 0.563. The van der Waals surface area contributed by atoms with E-state index in [1.54, 1.807) is 0 Å².